The van der Waals surface area contributed by atoms with Gasteiger partial charge in [0.15, 0.2) is 0 Å². The van der Waals surface area contributed by atoms with Crippen molar-refractivity contribution in [3.8, 4) is 0 Å². The molecule has 0 aliphatic rings. The monoisotopic (exact) mass is 263 g/mol. The molecule has 0 spiro atoms. The lowest BCUT2D eigenvalue weighted by Crippen LogP contribution is -2.03. The first-order valence-electron chi connectivity index (χ1n) is 6.78. The highest BCUT2D eigenvalue weighted by Gasteiger charge is 2.02. The smallest absolute Gasteiger partial charge is 0.0685 e. The van der Waals surface area contributed by atoms with E-state index < -0.39 is 0 Å². The number of anilines is 1. The van der Waals surface area contributed by atoms with Crippen molar-refractivity contribution >= 4 is 16.5 Å². The van der Waals surface area contributed by atoms with Crippen molar-refractivity contribution in [1.82, 2.24) is 0 Å². The minimum Gasteiger partial charge on any atom is -0.392 e. The van der Waals surface area contributed by atoms with Crippen molar-refractivity contribution in [1.29, 1.82) is 0 Å². The van der Waals surface area contributed by atoms with E-state index >= 15 is 0 Å². The zero-order chi connectivity index (χ0) is 13.8. The molecule has 3 rings (SSSR count). The van der Waals surface area contributed by atoms with Gasteiger partial charge in [-0.1, -0.05) is 60.7 Å². The Morgan fingerprint density at radius 2 is 1.45 bits per heavy atom. The SMILES string of the molecule is OCc1ccccc1CNc1cccc2ccccc12. The van der Waals surface area contributed by atoms with Crippen LogP contribution < -0.4 is 5.32 Å². The third-order valence-electron chi connectivity index (χ3n) is 3.55. The molecule has 0 aliphatic heterocycles. The fourth-order valence-electron chi connectivity index (χ4n) is 2.45. The number of rotatable bonds is 4. The van der Waals surface area contributed by atoms with Gasteiger partial charge in [0.2, 0.25) is 0 Å². The molecule has 20 heavy (non-hydrogen) atoms. The molecule has 2 nitrogen and oxygen atoms in total. The van der Waals surface area contributed by atoms with Crippen LogP contribution in [0.3, 0.4) is 0 Å². The molecule has 0 saturated heterocycles. The lowest BCUT2D eigenvalue weighted by atomic mass is 10.1. The number of hydrogen-bond donors (Lipinski definition) is 2. The van der Waals surface area contributed by atoms with E-state index in [0.29, 0.717) is 6.54 Å². The second kappa shape index (κ2) is 5.76. The predicted octanol–water partition coefficient (Wildman–Crippen LogP) is 3.94. The predicted molar refractivity (Wildman–Crippen MR) is 83.6 cm³/mol. The minimum absolute atomic E-state index is 0.0768. The molecule has 0 unspecified atom stereocenters. The van der Waals surface area contributed by atoms with E-state index in [9.17, 15) is 5.11 Å². The van der Waals surface area contributed by atoms with Crippen molar-refractivity contribution in [2.24, 2.45) is 0 Å². The van der Waals surface area contributed by atoms with Gasteiger partial charge in [0.05, 0.1) is 6.61 Å². The van der Waals surface area contributed by atoms with E-state index in [1.165, 1.54) is 10.8 Å². The Hall–Kier alpha value is -2.32. The molecule has 2 N–H and O–H groups in total. The highest BCUT2D eigenvalue weighted by molar-refractivity contribution is 5.93. The molecule has 3 aromatic carbocycles. The maximum absolute atomic E-state index is 9.36. The number of nitrogens with one attached hydrogen (secondary N) is 1. The van der Waals surface area contributed by atoms with Gasteiger partial charge in [-0.25, -0.2) is 0 Å². The Morgan fingerprint density at radius 3 is 2.30 bits per heavy atom. The number of aliphatic hydroxyl groups excluding tert-OH is 1. The summed E-state index contributed by atoms with van der Waals surface area (Å²) in [6.45, 7) is 0.790. The summed E-state index contributed by atoms with van der Waals surface area (Å²) < 4.78 is 0. The van der Waals surface area contributed by atoms with Gasteiger partial charge in [0.25, 0.3) is 0 Å². The lowest BCUT2D eigenvalue weighted by Gasteiger charge is -2.12. The van der Waals surface area contributed by atoms with Gasteiger partial charge >= 0.3 is 0 Å². The summed E-state index contributed by atoms with van der Waals surface area (Å²) in [7, 11) is 0. The molecule has 0 radical (unpaired) electrons. The fourth-order valence-corrected chi connectivity index (χ4v) is 2.45. The molecule has 0 bridgehead atoms. The number of aliphatic hydroxyl groups is 1. The van der Waals surface area contributed by atoms with Gasteiger partial charge in [-0.3, -0.25) is 0 Å². The summed E-state index contributed by atoms with van der Waals surface area (Å²) in [5.41, 5.74) is 3.22. The second-order valence-corrected chi connectivity index (χ2v) is 4.81. The summed E-state index contributed by atoms with van der Waals surface area (Å²) >= 11 is 0. The quantitative estimate of drug-likeness (QED) is 0.747. The topological polar surface area (TPSA) is 32.3 Å². The van der Waals surface area contributed by atoms with Crippen LogP contribution in [0.4, 0.5) is 5.69 Å². The van der Waals surface area contributed by atoms with Gasteiger partial charge in [-0.15, -0.1) is 0 Å². The number of fused-ring (bicyclic) bond motifs is 1. The average Bonchev–Trinajstić information content (AvgIpc) is 2.53. The van der Waals surface area contributed by atoms with Gasteiger partial charge in [0.1, 0.15) is 0 Å². The van der Waals surface area contributed by atoms with E-state index in [0.717, 1.165) is 16.8 Å². The Balaban J connectivity index is 1.87. The zero-order valence-corrected chi connectivity index (χ0v) is 11.2. The maximum atomic E-state index is 9.36. The van der Waals surface area contributed by atoms with Crippen LogP contribution in [0.2, 0.25) is 0 Å². The van der Waals surface area contributed by atoms with E-state index in [4.69, 9.17) is 0 Å². The van der Waals surface area contributed by atoms with Gasteiger partial charge in [0, 0.05) is 17.6 Å². The Morgan fingerprint density at radius 1 is 0.750 bits per heavy atom. The molecule has 2 heteroatoms. The van der Waals surface area contributed by atoms with Crippen LogP contribution >= 0.6 is 0 Å². The standard InChI is InChI=1S/C18H17NO/c20-13-16-8-2-1-7-15(16)12-19-18-11-5-9-14-6-3-4-10-17(14)18/h1-11,19-20H,12-13H2. The lowest BCUT2D eigenvalue weighted by molar-refractivity contribution is 0.280. The average molecular weight is 263 g/mol. The first kappa shape index (κ1) is 12.7. The van der Waals surface area contributed by atoms with E-state index in [-0.39, 0.29) is 6.61 Å². The summed E-state index contributed by atoms with van der Waals surface area (Å²) in [6.07, 6.45) is 0. The number of benzene rings is 3. The maximum Gasteiger partial charge on any atom is 0.0685 e. The van der Waals surface area contributed by atoms with Gasteiger partial charge < -0.3 is 10.4 Å². The molecule has 0 aliphatic carbocycles. The van der Waals surface area contributed by atoms with Crippen LogP contribution in [0.1, 0.15) is 11.1 Å². The van der Waals surface area contributed by atoms with E-state index in [2.05, 4.69) is 41.7 Å². The first-order chi connectivity index (χ1) is 9.88. The third kappa shape index (κ3) is 2.51. The molecule has 100 valence electrons. The van der Waals surface area contributed by atoms with Crippen LogP contribution in [0, 0.1) is 0 Å². The van der Waals surface area contributed by atoms with Gasteiger partial charge in [-0.05, 0) is 22.6 Å². The van der Waals surface area contributed by atoms with Gasteiger partial charge in [-0.2, -0.15) is 0 Å². The molecular weight excluding hydrogens is 246 g/mol. The third-order valence-corrected chi connectivity index (χ3v) is 3.55. The minimum atomic E-state index is 0.0768. The molecular formula is C18H17NO. The summed E-state index contributed by atoms with van der Waals surface area (Å²) in [4.78, 5) is 0. The largest absolute Gasteiger partial charge is 0.392 e. The van der Waals surface area contributed by atoms with Crippen LogP contribution in [-0.2, 0) is 13.2 Å². The Kier molecular flexibility index (Phi) is 3.66. The molecule has 0 aromatic heterocycles. The molecule has 0 amide bonds. The molecule has 0 fully saturated rings. The van der Waals surface area contributed by atoms with E-state index in [1.54, 1.807) is 0 Å². The molecule has 0 saturated carbocycles. The van der Waals surface area contributed by atoms with Crippen molar-refractivity contribution in [2.75, 3.05) is 5.32 Å². The van der Waals surface area contributed by atoms with Crippen molar-refractivity contribution in [2.45, 2.75) is 13.2 Å². The molecule has 0 atom stereocenters. The summed E-state index contributed by atoms with van der Waals surface area (Å²) in [5.74, 6) is 0. The van der Waals surface area contributed by atoms with Crippen LogP contribution in [-0.4, -0.2) is 5.11 Å². The van der Waals surface area contributed by atoms with Crippen LogP contribution in [0.5, 0.6) is 0 Å². The Labute approximate surface area is 118 Å². The van der Waals surface area contributed by atoms with Crippen molar-refractivity contribution < 1.29 is 5.11 Å². The highest BCUT2D eigenvalue weighted by atomic mass is 16.3. The fraction of sp³-hybridized carbons (Fsp3) is 0.111. The first-order valence-corrected chi connectivity index (χ1v) is 6.78. The summed E-state index contributed by atoms with van der Waals surface area (Å²) in [5, 5.41) is 15.3. The summed E-state index contributed by atoms with van der Waals surface area (Å²) in [6, 6.07) is 22.5. The zero-order valence-electron chi connectivity index (χ0n) is 11.2. The normalized spacial score (nSPS) is 10.7. The molecule has 3 aromatic rings. The highest BCUT2D eigenvalue weighted by Crippen LogP contribution is 2.23. The van der Waals surface area contributed by atoms with Crippen LogP contribution in [0.25, 0.3) is 10.8 Å². The number of hydrogen-bond acceptors (Lipinski definition) is 2. The van der Waals surface area contributed by atoms with Crippen molar-refractivity contribution in [3.63, 3.8) is 0 Å². The van der Waals surface area contributed by atoms with Crippen LogP contribution in [0.15, 0.2) is 66.7 Å². The second-order valence-electron chi connectivity index (χ2n) is 4.81. The Bertz CT molecular complexity index is 716. The molecule has 0 heterocycles. The van der Waals surface area contributed by atoms with Crippen molar-refractivity contribution in [3.05, 3.63) is 77.9 Å². The van der Waals surface area contributed by atoms with E-state index in [1.807, 2.05) is 30.3 Å².